The number of methoxy groups -OCH3 is 2. The van der Waals surface area contributed by atoms with Crippen molar-refractivity contribution in [2.45, 2.75) is 11.3 Å². The van der Waals surface area contributed by atoms with Crippen LogP contribution in [-0.4, -0.2) is 50.8 Å². The van der Waals surface area contributed by atoms with E-state index in [4.69, 9.17) is 14.2 Å². The zero-order valence-corrected chi connectivity index (χ0v) is 17.0. The molecule has 8 heteroatoms. The molecule has 0 atom stereocenters. The van der Waals surface area contributed by atoms with Gasteiger partial charge in [0.1, 0.15) is 11.5 Å². The van der Waals surface area contributed by atoms with E-state index in [1.165, 1.54) is 32.0 Å². The summed E-state index contributed by atoms with van der Waals surface area (Å²) in [6, 6.07) is 12.4. The van der Waals surface area contributed by atoms with Crippen LogP contribution in [0.25, 0.3) is 0 Å². The predicted molar refractivity (Wildman–Crippen MR) is 109 cm³/mol. The summed E-state index contributed by atoms with van der Waals surface area (Å²) in [5.74, 6) is 0.202. The lowest BCUT2D eigenvalue weighted by atomic mass is 10.1. The molecule has 152 valence electrons. The van der Waals surface area contributed by atoms with Crippen molar-refractivity contribution in [3.63, 3.8) is 0 Å². The molecule has 0 aromatic heterocycles. The monoisotopic (exact) mass is 415 g/mol. The molecule has 7 nitrogen and oxygen atoms in total. The highest BCUT2D eigenvalue weighted by atomic mass is 32.2. The zero-order chi connectivity index (χ0) is 20.8. The number of thioether (sulfide) groups is 1. The van der Waals surface area contributed by atoms with Gasteiger partial charge in [-0.15, -0.1) is 11.8 Å². The van der Waals surface area contributed by atoms with Crippen molar-refractivity contribution >= 4 is 35.1 Å². The first kappa shape index (κ1) is 20.7. The molecule has 0 fully saturated rings. The molecule has 0 aliphatic carbocycles. The third kappa shape index (κ3) is 4.89. The predicted octanol–water partition coefficient (Wildman–Crippen LogP) is 2.96. The minimum atomic E-state index is -0.552. The minimum Gasteiger partial charge on any atom is -0.497 e. The number of carbonyl (C=O) groups excluding carboxylic acids is 3. The Kier molecular flexibility index (Phi) is 6.77. The Morgan fingerprint density at radius 1 is 1.10 bits per heavy atom. The summed E-state index contributed by atoms with van der Waals surface area (Å²) in [7, 11) is 2.95. The summed E-state index contributed by atoms with van der Waals surface area (Å²) in [5, 5.41) is 0. The third-order valence-corrected chi connectivity index (χ3v) is 5.47. The Morgan fingerprint density at radius 2 is 1.90 bits per heavy atom. The second-order valence-electron chi connectivity index (χ2n) is 6.20. The highest BCUT2D eigenvalue weighted by Gasteiger charge is 2.25. The van der Waals surface area contributed by atoms with Crippen LogP contribution >= 0.6 is 11.8 Å². The van der Waals surface area contributed by atoms with E-state index in [2.05, 4.69) is 0 Å². The van der Waals surface area contributed by atoms with Crippen LogP contribution in [0.1, 0.15) is 16.8 Å². The van der Waals surface area contributed by atoms with E-state index in [0.717, 1.165) is 10.6 Å². The van der Waals surface area contributed by atoms with E-state index >= 15 is 0 Å². The van der Waals surface area contributed by atoms with Gasteiger partial charge in [-0.2, -0.15) is 0 Å². The first-order chi connectivity index (χ1) is 14.0. The molecule has 1 heterocycles. The summed E-state index contributed by atoms with van der Waals surface area (Å²) >= 11 is 1.48. The number of hydrogen-bond acceptors (Lipinski definition) is 7. The van der Waals surface area contributed by atoms with E-state index in [0.29, 0.717) is 17.3 Å². The standard InChI is InChI=1S/C21H21NO6S/c1-26-14-7-8-18(27-2)15(11-14)17(23)12-28-21(25)9-10-22-16-5-3-4-6-19(16)29-13-20(22)24/h3-8,11H,9-10,12-13H2,1-2H3. The Labute approximate surface area is 172 Å². The molecule has 1 amide bonds. The normalized spacial score (nSPS) is 12.9. The maximum absolute atomic E-state index is 12.4. The number of benzene rings is 2. The number of hydrogen-bond donors (Lipinski definition) is 0. The second-order valence-corrected chi connectivity index (χ2v) is 7.22. The topological polar surface area (TPSA) is 82.1 Å². The molecule has 0 saturated heterocycles. The number of rotatable bonds is 8. The molecule has 0 saturated carbocycles. The van der Waals surface area contributed by atoms with Crippen molar-refractivity contribution in [2.24, 2.45) is 0 Å². The van der Waals surface area contributed by atoms with Crippen molar-refractivity contribution in [1.82, 2.24) is 0 Å². The molecule has 0 N–H and O–H groups in total. The highest BCUT2D eigenvalue weighted by molar-refractivity contribution is 8.00. The number of ether oxygens (including phenoxy) is 3. The number of Topliss-reactive ketones (excluding diaryl/α,β-unsaturated/α-hetero) is 1. The number of fused-ring (bicyclic) bond motifs is 1. The number of amides is 1. The number of anilines is 1. The van der Waals surface area contributed by atoms with Gasteiger partial charge in [-0.1, -0.05) is 12.1 Å². The van der Waals surface area contributed by atoms with Crippen LogP contribution < -0.4 is 14.4 Å². The fraction of sp³-hybridized carbons (Fsp3) is 0.286. The number of nitrogens with zero attached hydrogens (tertiary/aromatic N) is 1. The molecular formula is C21H21NO6S. The van der Waals surface area contributed by atoms with Crippen LogP contribution in [0, 0.1) is 0 Å². The Balaban J connectivity index is 1.57. The SMILES string of the molecule is COc1ccc(OC)c(C(=O)COC(=O)CCN2C(=O)CSc3ccccc32)c1. The molecule has 3 rings (SSSR count). The van der Waals surface area contributed by atoms with Gasteiger partial charge in [0.2, 0.25) is 11.7 Å². The number of carbonyl (C=O) groups is 3. The molecule has 29 heavy (non-hydrogen) atoms. The summed E-state index contributed by atoms with van der Waals surface area (Å²) < 4.78 is 15.4. The highest BCUT2D eigenvalue weighted by Crippen LogP contribution is 2.34. The van der Waals surface area contributed by atoms with Crippen LogP contribution in [-0.2, 0) is 14.3 Å². The lowest BCUT2D eigenvalue weighted by molar-refractivity contribution is -0.142. The van der Waals surface area contributed by atoms with Gasteiger partial charge in [-0.3, -0.25) is 14.4 Å². The molecule has 1 aliphatic rings. The molecule has 0 unspecified atom stereocenters. The molecule has 0 bridgehead atoms. The minimum absolute atomic E-state index is 0.00668. The van der Waals surface area contributed by atoms with Gasteiger partial charge in [0.05, 0.1) is 37.6 Å². The lowest BCUT2D eigenvalue weighted by Gasteiger charge is -2.28. The van der Waals surface area contributed by atoms with E-state index in [9.17, 15) is 14.4 Å². The van der Waals surface area contributed by atoms with Gasteiger partial charge >= 0.3 is 5.97 Å². The van der Waals surface area contributed by atoms with Gasteiger partial charge in [-0.25, -0.2) is 0 Å². The maximum atomic E-state index is 12.4. The number of para-hydroxylation sites is 1. The van der Waals surface area contributed by atoms with E-state index in [1.807, 2.05) is 24.3 Å². The average molecular weight is 415 g/mol. The van der Waals surface area contributed by atoms with Gasteiger partial charge in [0.15, 0.2) is 6.61 Å². The van der Waals surface area contributed by atoms with Crippen LogP contribution in [0.5, 0.6) is 11.5 Å². The van der Waals surface area contributed by atoms with Crippen LogP contribution in [0.15, 0.2) is 47.4 Å². The average Bonchev–Trinajstić information content (AvgIpc) is 2.76. The van der Waals surface area contributed by atoms with E-state index in [1.54, 1.807) is 17.0 Å². The van der Waals surface area contributed by atoms with Crippen LogP contribution in [0.4, 0.5) is 5.69 Å². The summed E-state index contributed by atoms with van der Waals surface area (Å²) in [6.45, 7) is -0.214. The smallest absolute Gasteiger partial charge is 0.308 e. The van der Waals surface area contributed by atoms with E-state index in [-0.39, 0.29) is 24.4 Å². The Bertz CT molecular complexity index is 929. The molecule has 0 radical (unpaired) electrons. The van der Waals surface area contributed by atoms with Gasteiger partial charge in [0, 0.05) is 11.4 Å². The van der Waals surface area contributed by atoms with Gasteiger partial charge in [-0.05, 0) is 30.3 Å². The Morgan fingerprint density at radius 3 is 2.66 bits per heavy atom. The Hall–Kier alpha value is -3.00. The fourth-order valence-electron chi connectivity index (χ4n) is 2.93. The third-order valence-electron chi connectivity index (χ3n) is 4.42. The van der Waals surface area contributed by atoms with Crippen molar-refractivity contribution in [2.75, 3.05) is 38.0 Å². The maximum Gasteiger partial charge on any atom is 0.308 e. The number of ketones is 1. The quantitative estimate of drug-likeness (QED) is 0.484. The van der Waals surface area contributed by atoms with Crippen molar-refractivity contribution in [1.29, 1.82) is 0 Å². The molecule has 2 aromatic carbocycles. The van der Waals surface area contributed by atoms with Gasteiger partial charge < -0.3 is 19.1 Å². The summed E-state index contributed by atoms with van der Waals surface area (Å²) in [4.78, 5) is 39.4. The second kappa shape index (κ2) is 9.47. The first-order valence-corrected chi connectivity index (χ1v) is 9.95. The van der Waals surface area contributed by atoms with Crippen LogP contribution in [0.2, 0.25) is 0 Å². The van der Waals surface area contributed by atoms with Crippen molar-refractivity contribution in [3.8, 4) is 11.5 Å². The number of esters is 1. The van der Waals surface area contributed by atoms with Crippen LogP contribution in [0.3, 0.4) is 0 Å². The summed E-state index contributed by atoms with van der Waals surface area (Å²) in [6.07, 6.45) is -0.00668. The lowest BCUT2D eigenvalue weighted by Crippen LogP contribution is -2.37. The molecule has 0 spiro atoms. The van der Waals surface area contributed by atoms with E-state index < -0.39 is 18.4 Å². The zero-order valence-electron chi connectivity index (χ0n) is 16.2. The summed E-state index contributed by atoms with van der Waals surface area (Å²) in [5.41, 5.74) is 1.07. The largest absolute Gasteiger partial charge is 0.497 e. The van der Waals surface area contributed by atoms with Gasteiger partial charge in [0.25, 0.3) is 0 Å². The molecular weight excluding hydrogens is 394 g/mol. The van der Waals surface area contributed by atoms with Crippen molar-refractivity contribution < 1.29 is 28.6 Å². The van der Waals surface area contributed by atoms with Crippen molar-refractivity contribution in [3.05, 3.63) is 48.0 Å². The first-order valence-electron chi connectivity index (χ1n) is 8.96. The molecule has 1 aliphatic heterocycles. The molecule has 2 aromatic rings. The fourth-order valence-corrected chi connectivity index (χ4v) is 3.87.